The maximum Gasteiger partial charge on any atom is 0.229 e. The highest BCUT2D eigenvalue weighted by molar-refractivity contribution is 5.93. The van der Waals surface area contributed by atoms with Crippen LogP contribution in [0.15, 0.2) is 36.4 Å². The zero-order chi connectivity index (χ0) is 16.9. The van der Waals surface area contributed by atoms with Crippen molar-refractivity contribution in [3.63, 3.8) is 0 Å². The lowest BCUT2D eigenvalue weighted by Gasteiger charge is -2.32. The van der Waals surface area contributed by atoms with Crippen LogP contribution in [0.1, 0.15) is 24.1 Å². The van der Waals surface area contributed by atoms with Crippen molar-refractivity contribution in [3.05, 3.63) is 47.7 Å². The number of amides is 1. The lowest BCUT2D eigenvalue weighted by Crippen LogP contribution is -2.41. The third kappa shape index (κ3) is 3.69. The number of rotatable bonds is 3. The number of carbonyl (C=O) groups excluding carboxylic acids is 1. The summed E-state index contributed by atoms with van der Waals surface area (Å²) in [5.41, 5.74) is 2.07. The van der Waals surface area contributed by atoms with E-state index in [0.29, 0.717) is 17.8 Å². The summed E-state index contributed by atoms with van der Waals surface area (Å²) in [5, 5.41) is 20.2. The van der Waals surface area contributed by atoms with Gasteiger partial charge in [-0.1, -0.05) is 6.07 Å². The van der Waals surface area contributed by atoms with Gasteiger partial charge < -0.3 is 10.2 Å². The van der Waals surface area contributed by atoms with E-state index in [1.807, 2.05) is 19.1 Å². The van der Waals surface area contributed by atoms with E-state index in [9.17, 15) is 4.79 Å². The lowest BCUT2D eigenvalue weighted by molar-refractivity contribution is -0.120. The summed E-state index contributed by atoms with van der Waals surface area (Å²) in [6, 6.07) is 12.9. The molecular formula is C18H19N5O. The fraction of sp³-hybridized carbons (Fsp3) is 0.333. The van der Waals surface area contributed by atoms with Crippen LogP contribution in [0.25, 0.3) is 0 Å². The van der Waals surface area contributed by atoms with Gasteiger partial charge in [-0.2, -0.15) is 10.4 Å². The van der Waals surface area contributed by atoms with Crippen molar-refractivity contribution in [1.29, 1.82) is 5.26 Å². The van der Waals surface area contributed by atoms with Crippen molar-refractivity contribution in [1.82, 2.24) is 10.2 Å². The molecule has 0 saturated carbocycles. The smallest absolute Gasteiger partial charge is 0.229 e. The van der Waals surface area contributed by atoms with E-state index in [0.717, 1.165) is 30.9 Å². The Morgan fingerprint density at radius 1 is 1.33 bits per heavy atom. The van der Waals surface area contributed by atoms with E-state index < -0.39 is 0 Å². The molecule has 1 aliphatic heterocycles. The number of carbonyl (C=O) groups is 1. The molecule has 0 aliphatic carbocycles. The molecule has 2 heterocycles. The van der Waals surface area contributed by atoms with E-state index in [2.05, 4.69) is 26.5 Å². The van der Waals surface area contributed by atoms with Gasteiger partial charge in [-0.15, -0.1) is 5.10 Å². The number of piperidine rings is 1. The molecule has 1 aromatic carbocycles. The summed E-state index contributed by atoms with van der Waals surface area (Å²) in [6.45, 7) is 3.41. The third-order valence-electron chi connectivity index (χ3n) is 4.16. The minimum atomic E-state index is -0.104. The highest BCUT2D eigenvalue weighted by Crippen LogP contribution is 2.22. The molecule has 24 heavy (non-hydrogen) atoms. The van der Waals surface area contributed by atoms with Crippen LogP contribution in [0.5, 0.6) is 0 Å². The summed E-state index contributed by atoms with van der Waals surface area (Å²) >= 11 is 0. The molecule has 1 N–H and O–H groups in total. The van der Waals surface area contributed by atoms with Crippen LogP contribution in [0.3, 0.4) is 0 Å². The first kappa shape index (κ1) is 15.9. The first-order valence-electron chi connectivity index (χ1n) is 8.02. The normalized spacial score (nSPS) is 17.2. The summed E-state index contributed by atoms with van der Waals surface area (Å²) < 4.78 is 0. The number of benzene rings is 1. The van der Waals surface area contributed by atoms with Crippen LogP contribution in [0, 0.1) is 24.2 Å². The zero-order valence-electron chi connectivity index (χ0n) is 13.6. The molecule has 2 aromatic rings. The molecule has 1 fully saturated rings. The molecule has 1 amide bonds. The molecule has 1 aromatic heterocycles. The molecule has 0 bridgehead atoms. The van der Waals surface area contributed by atoms with Gasteiger partial charge in [0.2, 0.25) is 5.91 Å². The molecule has 1 unspecified atom stereocenters. The number of anilines is 2. The van der Waals surface area contributed by atoms with Gasteiger partial charge in [0.15, 0.2) is 5.82 Å². The van der Waals surface area contributed by atoms with Crippen LogP contribution >= 0.6 is 0 Å². The fourth-order valence-corrected chi connectivity index (χ4v) is 2.87. The number of aryl methyl sites for hydroxylation is 1. The Labute approximate surface area is 141 Å². The van der Waals surface area contributed by atoms with E-state index in [4.69, 9.17) is 5.26 Å². The number of aromatic nitrogens is 2. The average molecular weight is 321 g/mol. The maximum absolute atomic E-state index is 12.5. The molecular weight excluding hydrogens is 302 g/mol. The van der Waals surface area contributed by atoms with Gasteiger partial charge in [0.05, 0.1) is 23.2 Å². The van der Waals surface area contributed by atoms with Crippen molar-refractivity contribution < 1.29 is 4.79 Å². The summed E-state index contributed by atoms with van der Waals surface area (Å²) in [4.78, 5) is 14.6. The summed E-state index contributed by atoms with van der Waals surface area (Å²) in [6.07, 6.45) is 1.78. The average Bonchev–Trinajstić information content (AvgIpc) is 2.62. The Kier molecular flexibility index (Phi) is 4.71. The Hall–Kier alpha value is -2.94. The molecule has 0 spiro atoms. The molecule has 3 rings (SSSR count). The minimum absolute atomic E-state index is 0.0186. The van der Waals surface area contributed by atoms with Crippen LogP contribution in [0.4, 0.5) is 11.5 Å². The van der Waals surface area contributed by atoms with Gasteiger partial charge in [0, 0.05) is 18.8 Å². The Balaban J connectivity index is 1.66. The first-order chi connectivity index (χ1) is 11.7. The Bertz CT molecular complexity index is 766. The van der Waals surface area contributed by atoms with Gasteiger partial charge in [-0.3, -0.25) is 4.79 Å². The fourth-order valence-electron chi connectivity index (χ4n) is 2.87. The van der Waals surface area contributed by atoms with E-state index in [-0.39, 0.29) is 11.8 Å². The van der Waals surface area contributed by atoms with Gasteiger partial charge in [0.1, 0.15) is 0 Å². The molecule has 1 saturated heterocycles. The number of nitriles is 1. The lowest BCUT2D eigenvalue weighted by atomic mass is 9.97. The highest BCUT2D eigenvalue weighted by Gasteiger charge is 2.26. The minimum Gasteiger partial charge on any atom is -0.354 e. The second-order valence-corrected chi connectivity index (χ2v) is 6.00. The molecule has 6 nitrogen and oxygen atoms in total. The maximum atomic E-state index is 12.5. The SMILES string of the molecule is Cc1ccc(N2CCCC(C(=O)Nc3cccc(C#N)c3)C2)nn1. The molecule has 1 atom stereocenters. The first-order valence-corrected chi connectivity index (χ1v) is 8.02. The topological polar surface area (TPSA) is 81.9 Å². The van der Waals surface area contributed by atoms with Crippen LogP contribution in [0.2, 0.25) is 0 Å². The predicted molar refractivity (Wildman–Crippen MR) is 91.5 cm³/mol. The third-order valence-corrected chi connectivity index (χ3v) is 4.16. The number of nitrogens with one attached hydrogen (secondary N) is 1. The van der Waals surface area contributed by atoms with Gasteiger partial charge in [0.25, 0.3) is 0 Å². The van der Waals surface area contributed by atoms with Crippen LogP contribution in [-0.4, -0.2) is 29.2 Å². The molecule has 1 aliphatic rings. The standard InChI is InChI=1S/C18H19N5O/c1-13-7-8-17(22-21-13)23-9-3-5-15(12-23)18(24)20-16-6-2-4-14(10-16)11-19/h2,4,6-8,10,15H,3,5,9,12H2,1H3,(H,20,24). The van der Waals surface area contributed by atoms with Crippen LogP contribution < -0.4 is 10.2 Å². The Morgan fingerprint density at radius 2 is 2.21 bits per heavy atom. The van der Waals surface area contributed by atoms with E-state index >= 15 is 0 Å². The quantitative estimate of drug-likeness (QED) is 0.939. The number of hydrogen-bond donors (Lipinski definition) is 1. The number of nitrogens with zero attached hydrogens (tertiary/aromatic N) is 4. The number of hydrogen-bond acceptors (Lipinski definition) is 5. The van der Waals surface area contributed by atoms with Crippen LogP contribution in [-0.2, 0) is 4.79 Å². The molecule has 0 radical (unpaired) electrons. The second-order valence-electron chi connectivity index (χ2n) is 6.00. The molecule has 6 heteroatoms. The summed E-state index contributed by atoms with van der Waals surface area (Å²) in [5.74, 6) is 0.687. The van der Waals surface area contributed by atoms with E-state index in [1.165, 1.54) is 0 Å². The molecule has 122 valence electrons. The van der Waals surface area contributed by atoms with Gasteiger partial charge >= 0.3 is 0 Å². The van der Waals surface area contributed by atoms with Crippen molar-refractivity contribution in [2.75, 3.05) is 23.3 Å². The van der Waals surface area contributed by atoms with Crippen molar-refractivity contribution in [3.8, 4) is 6.07 Å². The zero-order valence-corrected chi connectivity index (χ0v) is 13.6. The Morgan fingerprint density at radius 3 is 2.96 bits per heavy atom. The summed E-state index contributed by atoms with van der Waals surface area (Å²) in [7, 11) is 0. The van der Waals surface area contributed by atoms with Crippen molar-refractivity contribution in [2.24, 2.45) is 5.92 Å². The van der Waals surface area contributed by atoms with E-state index in [1.54, 1.807) is 24.3 Å². The monoisotopic (exact) mass is 321 g/mol. The largest absolute Gasteiger partial charge is 0.354 e. The van der Waals surface area contributed by atoms with Gasteiger partial charge in [-0.05, 0) is 50.1 Å². The van der Waals surface area contributed by atoms with Crippen molar-refractivity contribution >= 4 is 17.4 Å². The predicted octanol–water partition coefficient (Wildman–Crippen LogP) is 2.51. The highest BCUT2D eigenvalue weighted by atomic mass is 16.1. The van der Waals surface area contributed by atoms with Crippen molar-refractivity contribution in [2.45, 2.75) is 19.8 Å². The second kappa shape index (κ2) is 7.09. The van der Waals surface area contributed by atoms with Gasteiger partial charge in [-0.25, -0.2) is 0 Å².